The molecule has 0 spiro atoms. The molecule has 0 aromatic heterocycles. The average molecular weight is 465 g/mol. The molecule has 2 rings (SSSR count). The molecule has 2 aliphatic heterocycles. The van der Waals surface area contributed by atoms with Gasteiger partial charge in [0.25, 0.3) is 0 Å². The van der Waals surface area contributed by atoms with Gasteiger partial charge in [0.1, 0.15) is 0 Å². The molecule has 2 fully saturated rings. The van der Waals surface area contributed by atoms with Gasteiger partial charge in [-0.2, -0.15) is 48.8 Å². The SMILES string of the molecule is SCC1CSC(CSCCCCCSCC2SCC(CS)S2)S1. The van der Waals surface area contributed by atoms with Crippen molar-refractivity contribution in [3.63, 3.8) is 0 Å². The molecule has 4 unspecified atom stereocenters. The Hall–Kier alpha value is 2.80. The Labute approximate surface area is 179 Å². The van der Waals surface area contributed by atoms with E-state index in [0.29, 0.717) is 0 Å². The van der Waals surface area contributed by atoms with Crippen LogP contribution < -0.4 is 0 Å². The Morgan fingerprint density at radius 1 is 0.739 bits per heavy atom. The van der Waals surface area contributed by atoms with Crippen LogP contribution in [-0.4, -0.2) is 65.7 Å². The van der Waals surface area contributed by atoms with Gasteiger partial charge in [0.2, 0.25) is 0 Å². The molecule has 8 heteroatoms. The van der Waals surface area contributed by atoms with Crippen molar-refractivity contribution >= 4 is 95.8 Å². The summed E-state index contributed by atoms with van der Waals surface area (Å²) in [5.74, 6) is 10.1. The Morgan fingerprint density at radius 3 is 1.61 bits per heavy atom. The molecular weight excluding hydrogens is 437 g/mol. The van der Waals surface area contributed by atoms with Crippen molar-refractivity contribution in [3.8, 4) is 0 Å². The number of rotatable bonds is 12. The summed E-state index contributed by atoms with van der Waals surface area (Å²) in [5, 5.41) is 1.59. The van der Waals surface area contributed by atoms with Crippen LogP contribution in [0.4, 0.5) is 0 Å². The zero-order chi connectivity index (χ0) is 16.3. The minimum absolute atomic E-state index is 0.796. The first-order valence-electron chi connectivity index (χ1n) is 8.23. The second-order valence-corrected chi connectivity index (χ2v) is 14.7. The molecular formula is C15H28S8. The lowest BCUT2D eigenvalue weighted by atomic mass is 10.3. The van der Waals surface area contributed by atoms with Crippen molar-refractivity contribution in [2.75, 3.05) is 46.0 Å². The molecule has 0 N–H and O–H groups in total. The third-order valence-electron chi connectivity index (χ3n) is 3.62. The number of hydrogen-bond donors (Lipinski definition) is 2. The van der Waals surface area contributed by atoms with Crippen LogP contribution in [0.2, 0.25) is 0 Å². The van der Waals surface area contributed by atoms with Crippen LogP contribution in [0.1, 0.15) is 19.3 Å². The molecule has 0 nitrogen and oxygen atoms in total. The second kappa shape index (κ2) is 13.9. The largest absolute Gasteiger partial charge is 0.178 e. The van der Waals surface area contributed by atoms with Gasteiger partial charge in [0.15, 0.2) is 0 Å². The fourth-order valence-corrected chi connectivity index (χ4v) is 12.8. The van der Waals surface area contributed by atoms with E-state index >= 15 is 0 Å². The summed E-state index contributed by atoms with van der Waals surface area (Å²) >= 11 is 21.7. The van der Waals surface area contributed by atoms with Crippen LogP contribution in [0.3, 0.4) is 0 Å². The molecule has 0 aromatic carbocycles. The predicted molar refractivity (Wildman–Crippen MR) is 131 cm³/mol. The average Bonchev–Trinajstić information content (AvgIpc) is 3.22. The first-order valence-corrected chi connectivity index (χ1v) is 15.8. The lowest BCUT2D eigenvalue weighted by molar-refractivity contribution is 0.785. The van der Waals surface area contributed by atoms with Gasteiger partial charge in [0.05, 0.1) is 9.16 Å². The molecule has 0 radical (unpaired) electrons. The standard InChI is InChI=1S/C15H28S8/c16-6-12-8-20-14(22-12)10-18-4-2-1-3-5-19-11-15-21-9-13(7-17)23-15/h12-17H,1-11H2. The maximum atomic E-state index is 4.41. The second-order valence-electron chi connectivity index (χ2n) is 5.62. The fraction of sp³-hybridized carbons (Fsp3) is 1.00. The van der Waals surface area contributed by atoms with E-state index in [1.54, 1.807) is 0 Å². The van der Waals surface area contributed by atoms with E-state index in [0.717, 1.165) is 31.2 Å². The Morgan fingerprint density at radius 2 is 1.22 bits per heavy atom. The van der Waals surface area contributed by atoms with Gasteiger partial charge in [-0.3, -0.25) is 0 Å². The van der Waals surface area contributed by atoms with E-state index in [9.17, 15) is 0 Å². The van der Waals surface area contributed by atoms with Crippen molar-refractivity contribution in [3.05, 3.63) is 0 Å². The van der Waals surface area contributed by atoms with E-state index < -0.39 is 0 Å². The van der Waals surface area contributed by atoms with E-state index in [4.69, 9.17) is 0 Å². The van der Waals surface area contributed by atoms with Crippen molar-refractivity contribution in [2.24, 2.45) is 0 Å². The first kappa shape index (κ1) is 22.1. The normalized spacial score (nSPS) is 31.0. The Balaban J connectivity index is 1.32. The summed E-state index contributed by atoms with van der Waals surface area (Å²) in [7, 11) is 0. The zero-order valence-electron chi connectivity index (χ0n) is 13.4. The smallest absolute Gasteiger partial charge is 0.0596 e. The number of thiol groups is 2. The summed E-state index contributed by atoms with van der Waals surface area (Å²) in [5.41, 5.74) is 0. The number of thioether (sulfide) groups is 6. The van der Waals surface area contributed by atoms with Crippen LogP contribution in [0.25, 0.3) is 0 Å². The molecule has 23 heavy (non-hydrogen) atoms. The minimum atomic E-state index is 0.796. The maximum absolute atomic E-state index is 4.41. The third-order valence-corrected chi connectivity index (χ3v) is 14.7. The van der Waals surface area contributed by atoms with Crippen LogP contribution in [0.5, 0.6) is 0 Å². The lowest BCUT2D eigenvalue weighted by Gasteiger charge is -2.09. The lowest BCUT2D eigenvalue weighted by Crippen LogP contribution is -2.03. The summed E-state index contributed by atoms with van der Waals surface area (Å²) in [6.07, 6.45) is 4.21. The molecule has 2 saturated heterocycles. The number of unbranched alkanes of at least 4 members (excludes halogenated alkanes) is 2. The van der Waals surface area contributed by atoms with Crippen LogP contribution in [0, 0.1) is 0 Å². The molecule has 4 atom stereocenters. The van der Waals surface area contributed by atoms with Crippen molar-refractivity contribution < 1.29 is 0 Å². The van der Waals surface area contributed by atoms with Crippen LogP contribution in [0.15, 0.2) is 0 Å². The van der Waals surface area contributed by atoms with E-state index in [1.807, 2.05) is 0 Å². The first-order chi connectivity index (χ1) is 11.3. The van der Waals surface area contributed by atoms with Crippen LogP contribution >= 0.6 is 95.8 Å². The minimum Gasteiger partial charge on any atom is -0.178 e. The highest BCUT2D eigenvalue weighted by Crippen LogP contribution is 2.40. The van der Waals surface area contributed by atoms with Gasteiger partial charge in [-0.25, -0.2) is 0 Å². The summed E-state index contributed by atoms with van der Waals surface area (Å²) in [6.45, 7) is 0. The summed E-state index contributed by atoms with van der Waals surface area (Å²) < 4.78 is 1.66. The Bertz CT molecular complexity index is 275. The zero-order valence-corrected chi connectivity index (χ0v) is 20.1. The van der Waals surface area contributed by atoms with Crippen molar-refractivity contribution in [1.29, 1.82) is 0 Å². The van der Waals surface area contributed by atoms with E-state index in [1.165, 1.54) is 53.8 Å². The predicted octanol–water partition coefficient (Wildman–Crippen LogP) is 5.83. The monoisotopic (exact) mass is 464 g/mol. The highest BCUT2D eigenvalue weighted by Gasteiger charge is 2.25. The Kier molecular flexibility index (Phi) is 13.3. The van der Waals surface area contributed by atoms with Gasteiger partial charge in [-0.15, -0.1) is 47.0 Å². The summed E-state index contributed by atoms with van der Waals surface area (Å²) in [6, 6.07) is 0. The van der Waals surface area contributed by atoms with Crippen LogP contribution in [-0.2, 0) is 0 Å². The highest BCUT2D eigenvalue weighted by molar-refractivity contribution is 8.22. The van der Waals surface area contributed by atoms with Gasteiger partial charge < -0.3 is 0 Å². The highest BCUT2D eigenvalue weighted by atomic mass is 32.2. The van der Waals surface area contributed by atoms with Gasteiger partial charge in [0, 0.05) is 45.0 Å². The van der Waals surface area contributed by atoms with E-state index in [2.05, 4.69) is 95.8 Å². The topological polar surface area (TPSA) is 0 Å². The molecule has 0 aliphatic carbocycles. The van der Waals surface area contributed by atoms with E-state index in [-0.39, 0.29) is 0 Å². The molecule has 0 amide bonds. The van der Waals surface area contributed by atoms with Crippen molar-refractivity contribution in [2.45, 2.75) is 38.9 Å². The third kappa shape index (κ3) is 9.52. The maximum Gasteiger partial charge on any atom is 0.0596 e. The fourth-order valence-electron chi connectivity index (χ4n) is 2.33. The molecule has 136 valence electrons. The number of hydrogen-bond acceptors (Lipinski definition) is 8. The molecule has 0 aromatic rings. The van der Waals surface area contributed by atoms with Gasteiger partial charge >= 0.3 is 0 Å². The molecule has 2 heterocycles. The van der Waals surface area contributed by atoms with Gasteiger partial charge in [-0.1, -0.05) is 6.42 Å². The molecule has 2 aliphatic rings. The molecule has 0 saturated carbocycles. The molecule has 0 bridgehead atoms. The summed E-state index contributed by atoms with van der Waals surface area (Å²) in [4.78, 5) is 0. The van der Waals surface area contributed by atoms with Crippen molar-refractivity contribution in [1.82, 2.24) is 0 Å². The van der Waals surface area contributed by atoms with Gasteiger partial charge in [-0.05, 0) is 24.3 Å². The quantitative estimate of drug-likeness (QED) is 0.273.